The van der Waals surface area contributed by atoms with Crippen molar-refractivity contribution in [3.63, 3.8) is 0 Å². The lowest BCUT2D eigenvalue weighted by Gasteiger charge is -2.42. The SMILES string of the molecule is CCC(C)(CC)N([NH-])OC. The molecule has 0 unspecified atom stereocenters. The number of hydrogen-bond acceptors (Lipinski definition) is 2. The van der Waals surface area contributed by atoms with E-state index in [0.717, 1.165) is 12.8 Å². The van der Waals surface area contributed by atoms with Crippen LogP contribution in [0.5, 0.6) is 0 Å². The van der Waals surface area contributed by atoms with Crippen molar-refractivity contribution in [3.05, 3.63) is 5.84 Å². The second kappa shape index (κ2) is 3.91. The van der Waals surface area contributed by atoms with E-state index in [-0.39, 0.29) is 5.54 Å². The summed E-state index contributed by atoms with van der Waals surface area (Å²) in [5, 5.41) is 1.17. The summed E-state index contributed by atoms with van der Waals surface area (Å²) in [7, 11) is 1.52. The Labute approximate surface area is 63.1 Å². The maximum absolute atomic E-state index is 7.39. The van der Waals surface area contributed by atoms with Crippen LogP contribution in [0.4, 0.5) is 0 Å². The van der Waals surface area contributed by atoms with Crippen LogP contribution in [0.15, 0.2) is 0 Å². The number of nitrogens with one attached hydrogen (secondary N) is 1. The van der Waals surface area contributed by atoms with Gasteiger partial charge in [0.1, 0.15) is 0 Å². The number of hydrogen-bond donors (Lipinski definition) is 0. The van der Waals surface area contributed by atoms with Crippen LogP contribution in [-0.4, -0.2) is 17.8 Å². The largest absolute Gasteiger partial charge is 0.584 e. The Hall–Kier alpha value is -0.120. The molecule has 0 spiro atoms. The zero-order chi connectivity index (χ0) is 8.20. The van der Waals surface area contributed by atoms with Gasteiger partial charge in [-0.05, 0) is 19.8 Å². The third kappa shape index (κ3) is 1.94. The summed E-state index contributed by atoms with van der Waals surface area (Å²) in [6.07, 6.45) is 1.86. The van der Waals surface area contributed by atoms with Crippen molar-refractivity contribution in [2.75, 3.05) is 7.11 Å². The monoisotopic (exact) mass is 145 g/mol. The van der Waals surface area contributed by atoms with Crippen LogP contribution in [0, 0.1) is 0 Å². The Bertz CT molecular complexity index is 91.6. The summed E-state index contributed by atoms with van der Waals surface area (Å²) < 4.78 is 0. The van der Waals surface area contributed by atoms with Gasteiger partial charge in [-0.3, -0.25) is 5.17 Å². The minimum Gasteiger partial charge on any atom is -0.584 e. The summed E-state index contributed by atoms with van der Waals surface area (Å²) in [5.74, 6) is 7.39. The molecule has 0 amide bonds. The number of rotatable bonds is 4. The molecule has 0 aliphatic carbocycles. The van der Waals surface area contributed by atoms with Crippen LogP contribution in [0.2, 0.25) is 0 Å². The Balaban J connectivity index is 4.02. The molecular formula is C7H17N2O-. The smallest absolute Gasteiger partial charge is 0.0556 e. The Morgan fingerprint density at radius 3 is 1.90 bits per heavy atom. The van der Waals surface area contributed by atoms with E-state index in [1.165, 1.54) is 12.3 Å². The summed E-state index contributed by atoms with van der Waals surface area (Å²) in [6.45, 7) is 6.14. The molecule has 0 atom stereocenters. The molecule has 0 saturated heterocycles. The Kier molecular flexibility index (Phi) is 3.86. The maximum Gasteiger partial charge on any atom is 0.0556 e. The summed E-state index contributed by atoms with van der Waals surface area (Å²) in [4.78, 5) is 4.80. The molecule has 10 heavy (non-hydrogen) atoms. The quantitative estimate of drug-likeness (QED) is 0.569. The van der Waals surface area contributed by atoms with Gasteiger partial charge in [0, 0.05) is 5.54 Å². The molecule has 0 aliphatic rings. The first-order chi connectivity index (χ1) is 4.60. The Morgan fingerprint density at radius 1 is 1.40 bits per heavy atom. The van der Waals surface area contributed by atoms with E-state index in [9.17, 15) is 0 Å². The van der Waals surface area contributed by atoms with Gasteiger partial charge >= 0.3 is 0 Å². The molecular weight excluding hydrogens is 128 g/mol. The van der Waals surface area contributed by atoms with Crippen LogP contribution in [0.25, 0.3) is 5.84 Å². The fourth-order valence-electron chi connectivity index (χ4n) is 0.758. The lowest BCUT2D eigenvalue weighted by molar-refractivity contribution is -0.160. The predicted molar refractivity (Wildman–Crippen MR) is 42.2 cm³/mol. The van der Waals surface area contributed by atoms with Crippen molar-refractivity contribution in [1.82, 2.24) is 5.17 Å². The second-order valence-electron chi connectivity index (χ2n) is 2.68. The van der Waals surface area contributed by atoms with Crippen molar-refractivity contribution in [2.45, 2.75) is 39.2 Å². The minimum absolute atomic E-state index is 0.130. The zero-order valence-corrected chi connectivity index (χ0v) is 7.27. The fraction of sp³-hybridized carbons (Fsp3) is 1.00. The topological polar surface area (TPSA) is 36.3 Å². The van der Waals surface area contributed by atoms with Gasteiger partial charge in [-0.1, -0.05) is 13.8 Å². The molecule has 3 heteroatoms. The van der Waals surface area contributed by atoms with Gasteiger partial charge in [0.05, 0.1) is 7.11 Å². The first-order valence-electron chi connectivity index (χ1n) is 3.66. The summed E-state index contributed by atoms with van der Waals surface area (Å²) in [5.41, 5.74) is -0.130. The fourth-order valence-corrected chi connectivity index (χ4v) is 0.758. The lowest BCUT2D eigenvalue weighted by Crippen LogP contribution is -2.39. The molecule has 0 bridgehead atoms. The van der Waals surface area contributed by atoms with E-state index in [1.54, 1.807) is 0 Å². The van der Waals surface area contributed by atoms with Crippen molar-refractivity contribution < 1.29 is 4.84 Å². The molecule has 0 aromatic carbocycles. The Morgan fingerprint density at radius 2 is 1.80 bits per heavy atom. The van der Waals surface area contributed by atoms with E-state index in [1.807, 2.05) is 6.92 Å². The van der Waals surface area contributed by atoms with Crippen molar-refractivity contribution >= 4 is 0 Å². The highest BCUT2D eigenvalue weighted by molar-refractivity contribution is 4.78. The molecule has 0 radical (unpaired) electrons. The van der Waals surface area contributed by atoms with Crippen molar-refractivity contribution in [3.8, 4) is 0 Å². The van der Waals surface area contributed by atoms with Gasteiger partial charge in [0.25, 0.3) is 0 Å². The molecule has 0 heterocycles. The highest BCUT2D eigenvalue weighted by atomic mass is 16.7. The number of nitrogens with zero attached hydrogens (tertiary/aromatic N) is 1. The third-order valence-corrected chi connectivity index (χ3v) is 2.20. The summed E-state index contributed by atoms with van der Waals surface area (Å²) in [6, 6.07) is 0. The second-order valence-corrected chi connectivity index (χ2v) is 2.68. The van der Waals surface area contributed by atoms with Crippen molar-refractivity contribution in [1.29, 1.82) is 0 Å². The van der Waals surface area contributed by atoms with E-state index >= 15 is 0 Å². The zero-order valence-electron chi connectivity index (χ0n) is 7.27. The summed E-state index contributed by atoms with van der Waals surface area (Å²) >= 11 is 0. The van der Waals surface area contributed by atoms with Gasteiger partial charge in [-0.2, -0.15) is 0 Å². The van der Waals surface area contributed by atoms with Gasteiger partial charge < -0.3 is 10.7 Å². The first-order valence-corrected chi connectivity index (χ1v) is 3.66. The molecule has 3 nitrogen and oxygen atoms in total. The number of hydroxylamine groups is 1. The van der Waals surface area contributed by atoms with Crippen LogP contribution < -0.4 is 0 Å². The molecule has 0 aromatic heterocycles. The van der Waals surface area contributed by atoms with E-state index in [4.69, 9.17) is 10.7 Å². The standard InChI is InChI=1S/C7H17N2O/c1-5-7(3,6-2)9(8)10-4/h8H,5-6H2,1-4H3/q-1. The molecule has 0 aliphatic heterocycles. The van der Waals surface area contributed by atoms with Crippen LogP contribution in [0.1, 0.15) is 33.6 Å². The van der Waals surface area contributed by atoms with E-state index in [2.05, 4.69) is 13.8 Å². The lowest BCUT2D eigenvalue weighted by atomic mass is 9.96. The van der Waals surface area contributed by atoms with Gasteiger partial charge in [-0.15, -0.1) is 0 Å². The van der Waals surface area contributed by atoms with Crippen LogP contribution in [-0.2, 0) is 4.84 Å². The third-order valence-electron chi connectivity index (χ3n) is 2.20. The highest BCUT2D eigenvalue weighted by Crippen LogP contribution is 2.22. The molecule has 0 fully saturated rings. The van der Waals surface area contributed by atoms with E-state index in [0.29, 0.717) is 0 Å². The molecule has 0 saturated carbocycles. The average molecular weight is 145 g/mol. The minimum atomic E-state index is -0.130. The molecule has 1 N–H and O–H groups in total. The van der Waals surface area contributed by atoms with Gasteiger partial charge in [0.15, 0.2) is 0 Å². The average Bonchev–Trinajstić information content (AvgIpc) is 2.01. The van der Waals surface area contributed by atoms with Crippen LogP contribution >= 0.6 is 0 Å². The molecule has 0 rings (SSSR count). The highest BCUT2D eigenvalue weighted by Gasteiger charge is 2.20. The first kappa shape index (κ1) is 9.88. The maximum atomic E-state index is 7.39. The molecule has 62 valence electrons. The molecule has 0 aromatic rings. The van der Waals surface area contributed by atoms with E-state index < -0.39 is 0 Å². The van der Waals surface area contributed by atoms with Crippen molar-refractivity contribution in [2.24, 2.45) is 0 Å². The van der Waals surface area contributed by atoms with Crippen LogP contribution in [0.3, 0.4) is 0 Å². The normalized spacial score (nSPS) is 12.6. The predicted octanol–water partition coefficient (Wildman–Crippen LogP) is 2.40. The van der Waals surface area contributed by atoms with Gasteiger partial charge in [0.2, 0.25) is 0 Å². The van der Waals surface area contributed by atoms with Gasteiger partial charge in [-0.25, -0.2) is 0 Å².